The molecule has 1 aliphatic heterocycles. The van der Waals surface area contributed by atoms with Crippen LogP contribution < -0.4 is 0 Å². The molecule has 1 heterocycles. The summed E-state index contributed by atoms with van der Waals surface area (Å²) >= 11 is 0. The summed E-state index contributed by atoms with van der Waals surface area (Å²) in [5.74, 6) is -0.848. The summed E-state index contributed by atoms with van der Waals surface area (Å²) in [6, 6.07) is 8.12. The predicted octanol–water partition coefficient (Wildman–Crippen LogP) is 2.42. The largest absolute Gasteiger partial charge is 0.333 e. The fourth-order valence-electron chi connectivity index (χ4n) is 2.37. The van der Waals surface area contributed by atoms with Gasteiger partial charge in [0, 0.05) is 12.8 Å². The van der Waals surface area contributed by atoms with Crippen molar-refractivity contribution in [2.75, 3.05) is 0 Å². The molecule has 5 nitrogen and oxygen atoms in total. The van der Waals surface area contributed by atoms with Crippen molar-refractivity contribution in [2.24, 2.45) is 5.92 Å². The number of nitrogens with zero attached hydrogens (tertiary/aromatic N) is 1. The monoisotopic (exact) mass is 303 g/mol. The molecule has 0 bridgehead atoms. The van der Waals surface area contributed by atoms with Crippen molar-refractivity contribution >= 4 is 17.8 Å². The van der Waals surface area contributed by atoms with Crippen molar-refractivity contribution in [3.63, 3.8) is 0 Å². The van der Waals surface area contributed by atoms with E-state index >= 15 is 0 Å². The first-order valence-electron chi connectivity index (χ1n) is 7.60. The van der Waals surface area contributed by atoms with E-state index in [0.29, 0.717) is 17.4 Å². The maximum absolute atomic E-state index is 11.7. The van der Waals surface area contributed by atoms with Gasteiger partial charge in [-0.05, 0) is 29.9 Å². The summed E-state index contributed by atoms with van der Waals surface area (Å²) in [5, 5.41) is 0.591. The molecule has 0 atom stereocenters. The Morgan fingerprint density at radius 3 is 2.18 bits per heavy atom. The van der Waals surface area contributed by atoms with Gasteiger partial charge in [-0.15, -0.1) is 5.06 Å². The van der Waals surface area contributed by atoms with Gasteiger partial charge < -0.3 is 4.84 Å². The van der Waals surface area contributed by atoms with E-state index in [1.807, 2.05) is 12.1 Å². The molecule has 0 aliphatic carbocycles. The lowest BCUT2D eigenvalue weighted by molar-refractivity contribution is -0.197. The smallest absolute Gasteiger partial charge is 0.330 e. The van der Waals surface area contributed by atoms with Crippen LogP contribution in [-0.2, 0) is 32.1 Å². The number of hydrogen-bond donors (Lipinski definition) is 0. The molecular formula is C17H21NO4. The molecule has 1 aliphatic rings. The summed E-state index contributed by atoms with van der Waals surface area (Å²) in [6.45, 7) is 4.34. The zero-order valence-electron chi connectivity index (χ0n) is 13.0. The van der Waals surface area contributed by atoms with Crippen LogP contribution in [0.15, 0.2) is 24.3 Å². The maximum atomic E-state index is 11.7. The summed E-state index contributed by atoms with van der Waals surface area (Å²) in [7, 11) is 0. The number of aryl methyl sites for hydroxylation is 1. The van der Waals surface area contributed by atoms with Crippen LogP contribution in [-0.4, -0.2) is 22.8 Å². The second-order valence-corrected chi connectivity index (χ2v) is 5.96. The summed E-state index contributed by atoms with van der Waals surface area (Å²) in [4.78, 5) is 39.2. The number of imide groups is 1. The molecule has 1 aromatic carbocycles. The molecule has 22 heavy (non-hydrogen) atoms. The highest BCUT2D eigenvalue weighted by Crippen LogP contribution is 2.14. The van der Waals surface area contributed by atoms with Crippen LogP contribution in [0.1, 0.15) is 44.2 Å². The van der Waals surface area contributed by atoms with Gasteiger partial charge in [-0.25, -0.2) is 4.79 Å². The van der Waals surface area contributed by atoms with Gasteiger partial charge in [0.05, 0.1) is 6.42 Å². The third kappa shape index (κ3) is 4.41. The SMILES string of the molecule is CC(C)Cc1ccc(CCC(=O)ON2C(=O)CCC2=O)cc1. The van der Waals surface area contributed by atoms with Crippen LogP contribution in [0.25, 0.3) is 0 Å². The number of carbonyl (C=O) groups excluding carboxylic acids is 3. The van der Waals surface area contributed by atoms with Gasteiger partial charge in [-0.1, -0.05) is 38.1 Å². The highest BCUT2D eigenvalue weighted by atomic mass is 16.7. The van der Waals surface area contributed by atoms with Crippen molar-refractivity contribution in [3.8, 4) is 0 Å². The van der Waals surface area contributed by atoms with E-state index in [0.717, 1.165) is 12.0 Å². The number of rotatable bonds is 6. The minimum atomic E-state index is -0.560. The third-order valence-corrected chi connectivity index (χ3v) is 3.48. The van der Waals surface area contributed by atoms with E-state index in [1.165, 1.54) is 5.56 Å². The topological polar surface area (TPSA) is 63.7 Å². The highest BCUT2D eigenvalue weighted by molar-refractivity contribution is 6.01. The molecule has 0 aromatic heterocycles. The Morgan fingerprint density at radius 2 is 1.64 bits per heavy atom. The van der Waals surface area contributed by atoms with E-state index in [2.05, 4.69) is 26.0 Å². The number of carbonyl (C=O) groups is 3. The lowest BCUT2D eigenvalue weighted by atomic mass is 10.0. The average molecular weight is 303 g/mol. The molecule has 1 saturated heterocycles. The van der Waals surface area contributed by atoms with E-state index in [4.69, 9.17) is 4.84 Å². The van der Waals surface area contributed by atoms with Crippen LogP contribution >= 0.6 is 0 Å². The van der Waals surface area contributed by atoms with Crippen LogP contribution in [0.5, 0.6) is 0 Å². The molecule has 0 saturated carbocycles. The van der Waals surface area contributed by atoms with E-state index in [1.54, 1.807) is 0 Å². The van der Waals surface area contributed by atoms with Gasteiger partial charge in [0.2, 0.25) is 0 Å². The Balaban J connectivity index is 1.81. The predicted molar refractivity (Wildman–Crippen MR) is 80.5 cm³/mol. The normalized spacial score (nSPS) is 14.8. The Kier molecular flexibility index (Phi) is 5.31. The summed E-state index contributed by atoms with van der Waals surface area (Å²) < 4.78 is 0. The number of benzene rings is 1. The molecular weight excluding hydrogens is 282 g/mol. The number of hydroxylamine groups is 2. The quantitative estimate of drug-likeness (QED) is 0.757. The van der Waals surface area contributed by atoms with Gasteiger partial charge >= 0.3 is 5.97 Å². The van der Waals surface area contributed by atoms with Crippen LogP contribution in [0, 0.1) is 5.92 Å². The van der Waals surface area contributed by atoms with Gasteiger partial charge in [0.15, 0.2) is 0 Å². The lowest BCUT2D eigenvalue weighted by Crippen LogP contribution is -2.32. The van der Waals surface area contributed by atoms with Crippen molar-refractivity contribution in [2.45, 2.75) is 46.0 Å². The Labute approximate surface area is 130 Å². The van der Waals surface area contributed by atoms with Crippen molar-refractivity contribution in [3.05, 3.63) is 35.4 Å². The molecule has 2 rings (SSSR count). The van der Waals surface area contributed by atoms with Crippen molar-refractivity contribution < 1.29 is 19.2 Å². The Hall–Kier alpha value is -2.17. The fourth-order valence-corrected chi connectivity index (χ4v) is 2.37. The van der Waals surface area contributed by atoms with E-state index < -0.39 is 17.8 Å². The zero-order valence-corrected chi connectivity index (χ0v) is 13.0. The first-order valence-corrected chi connectivity index (χ1v) is 7.60. The summed E-state index contributed by atoms with van der Waals surface area (Å²) in [5.41, 5.74) is 2.30. The molecule has 0 radical (unpaired) electrons. The zero-order chi connectivity index (χ0) is 16.1. The first-order chi connectivity index (χ1) is 10.5. The highest BCUT2D eigenvalue weighted by Gasteiger charge is 2.32. The Morgan fingerprint density at radius 1 is 1.09 bits per heavy atom. The lowest BCUT2D eigenvalue weighted by Gasteiger charge is -2.12. The molecule has 0 unspecified atom stereocenters. The molecule has 2 amide bonds. The van der Waals surface area contributed by atoms with E-state index in [-0.39, 0.29) is 19.3 Å². The average Bonchev–Trinajstić information content (AvgIpc) is 2.78. The standard InChI is InChI=1S/C17H21NO4/c1-12(2)11-14-5-3-13(4-6-14)7-10-17(21)22-18-15(19)8-9-16(18)20/h3-6,12H,7-11H2,1-2H3. The second-order valence-electron chi connectivity index (χ2n) is 5.96. The molecule has 1 aromatic rings. The number of hydrogen-bond acceptors (Lipinski definition) is 4. The molecule has 1 fully saturated rings. The van der Waals surface area contributed by atoms with E-state index in [9.17, 15) is 14.4 Å². The van der Waals surface area contributed by atoms with Crippen molar-refractivity contribution in [1.82, 2.24) is 5.06 Å². The van der Waals surface area contributed by atoms with Gasteiger partial charge in [-0.2, -0.15) is 0 Å². The van der Waals surface area contributed by atoms with Crippen molar-refractivity contribution in [1.29, 1.82) is 0 Å². The van der Waals surface area contributed by atoms with Crippen LogP contribution in [0.3, 0.4) is 0 Å². The van der Waals surface area contributed by atoms with Crippen LogP contribution in [0.2, 0.25) is 0 Å². The second kappa shape index (κ2) is 7.20. The molecule has 0 N–H and O–H groups in total. The molecule has 0 spiro atoms. The van der Waals surface area contributed by atoms with Gasteiger partial charge in [0.1, 0.15) is 0 Å². The van der Waals surface area contributed by atoms with Gasteiger partial charge in [-0.3, -0.25) is 9.59 Å². The molecule has 118 valence electrons. The Bertz CT molecular complexity index is 547. The minimum absolute atomic E-state index is 0.115. The molecule has 5 heteroatoms. The minimum Gasteiger partial charge on any atom is -0.330 e. The maximum Gasteiger partial charge on any atom is 0.333 e. The van der Waals surface area contributed by atoms with Gasteiger partial charge in [0.25, 0.3) is 11.8 Å². The summed E-state index contributed by atoms with van der Waals surface area (Å²) in [6.07, 6.45) is 1.92. The fraction of sp³-hybridized carbons (Fsp3) is 0.471. The first kappa shape index (κ1) is 16.2. The van der Waals surface area contributed by atoms with Crippen LogP contribution in [0.4, 0.5) is 0 Å². The number of amides is 2. The third-order valence-electron chi connectivity index (χ3n) is 3.48.